The molecule has 1 fully saturated rings. The first kappa shape index (κ1) is 22.0. The van der Waals surface area contributed by atoms with Crippen LogP contribution in [0.3, 0.4) is 0 Å². The number of aliphatic imine (C=N–C) groups is 1. The van der Waals surface area contributed by atoms with Gasteiger partial charge in [0.15, 0.2) is 16.7 Å². The summed E-state index contributed by atoms with van der Waals surface area (Å²) in [5, 5.41) is 9.50. The normalized spacial score (nSPS) is 15.9. The third kappa shape index (κ3) is 5.27. The zero-order valence-corrected chi connectivity index (χ0v) is 17.8. The lowest BCUT2D eigenvalue weighted by Crippen LogP contribution is -2.23. The van der Waals surface area contributed by atoms with Gasteiger partial charge >= 0.3 is 5.97 Å². The number of nitrogens with zero attached hydrogens (tertiary/aromatic N) is 2. The van der Waals surface area contributed by atoms with Crippen molar-refractivity contribution in [3.05, 3.63) is 58.5 Å². The Kier molecular flexibility index (Phi) is 7.00. The van der Waals surface area contributed by atoms with Gasteiger partial charge in [0.1, 0.15) is 6.61 Å². The van der Waals surface area contributed by atoms with Crippen LogP contribution in [0.5, 0.6) is 11.5 Å². The highest BCUT2D eigenvalue weighted by Gasteiger charge is 2.30. The summed E-state index contributed by atoms with van der Waals surface area (Å²) >= 11 is 1.24. The zero-order chi connectivity index (χ0) is 22.4. The molecule has 158 valence electrons. The van der Waals surface area contributed by atoms with E-state index in [0.29, 0.717) is 33.9 Å². The molecule has 0 bridgehead atoms. The number of aromatic carboxylic acids is 1. The Hall–Kier alpha value is -3.70. The molecule has 1 heterocycles. The number of amidine groups is 1. The summed E-state index contributed by atoms with van der Waals surface area (Å²) in [4.78, 5) is 30.1. The van der Waals surface area contributed by atoms with Gasteiger partial charge in [-0.1, -0.05) is 12.0 Å². The van der Waals surface area contributed by atoms with Crippen LogP contribution >= 0.6 is 11.8 Å². The van der Waals surface area contributed by atoms with Gasteiger partial charge in [0.05, 0.1) is 22.8 Å². The SMILES string of the molecule is C#CCOc1ccc(/C=C2\SC(=Nc3ccc(C(=O)O)cc3)N(C)C2=O)cc1OCC. The van der Waals surface area contributed by atoms with Gasteiger partial charge in [-0.25, -0.2) is 9.79 Å². The molecular formula is C23H20N2O5S. The van der Waals surface area contributed by atoms with Crippen molar-refractivity contribution in [3.63, 3.8) is 0 Å². The lowest BCUT2D eigenvalue weighted by molar-refractivity contribution is -0.121. The van der Waals surface area contributed by atoms with Crippen molar-refractivity contribution in [2.24, 2.45) is 4.99 Å². The summed E-state index contributed by atoms with van der Waals surface area (Å²) in [6.45, 7) is 2.46. The fourth-order valence-corrected chi connectivity index (χ4v) is 3.70. The second-order valence-corrected chi connectivity index (χ2v) is 7.36. The third-order valence-corrected chi connectivity index (χ3v) is 5.28. The van der Waals surface area contributed by atoms with Gasteiger partial charge in [0, 0.05) is 7.05 Å². The number of likely N-dealkylation sites (N-methyl/N-ethyl adjacent to an activating group) is 1. The Morgan fingerprint density at radius 2 is 1.97 bits per heavy atom. The zero-order valence-electron chi connectivity index (χ0n) is 17.0. The number of rotatable bonds is 7. The summed E-state index contributed by atoms with van der Waals surface area (Å²) in [5.41, 5.74) is 1.50. The maximum Gasteiger partial charge on any atom is 0.335 e. The summed E-state index contributed by atoms with van der Waals surface area (Å²) in [5.74, 6) is 2.31. The Morgan fingerprint density at radius 3 is 2.61 bits per heavy atom. The van der Waals surface area contributed by atoms with Crippen molar-refractivity contribution >= 4 is 40.6 Å². The van der Waals surface area contributed by atoms with E-state index in [0.717, 1.165) is 5.56 Å². The third-order valence-electron chi connectivity index (χ3n) is 4.22. The largest absolute Gasteiger partial charge is 0.490 e. The minimum atomic E-state index is -1.01. The van der Waals surface area contributed by atoms with Crippen molar-refractivity contribution in [1.82, 2.24) is 4.90 Å². The lowest BCUT2D eigenvalue weighted by atomic mass is 10.2. The topological polar surface area (TPSA) is 88.4 Å². The summed E-state index contributed by atoms with van der Waals surface area (Å²) in [6, 6.07) is 11.5. The van der Waals surface area contributed by atoms with Crippen LogP contribution in [0.25, 0.3) is 6.08 Å². The van der Waals surface area contributed by atoms with E-state index >= 15 is 0 Å². The van der Waals surface area contributed by atoms with Gasteiger partial charge < -0.3 is 14.6 Å². The van der Waals surface area contributed by atoms with Crippen LogP contribution in [-0.2, 0) is 4.79 Å². The molecule has 31 heavy (non-hydrogen) atoms. The second kappa shape index (κ2) is 9.87. The highest BCUT2D eigenvalue weighted by atomic mass is 32.2. The maximum atomic E-state index is 12.7. The smallest absolute Gasteiger partial charge is 0.335 e. The molecule has 1 aliphatic heterocycles. The highest BCUT2D eigenvalue weighted by molar-refractivity contribution is 8.18. The fourth-order valence-electron chi connectivity index (χ4n) is 2.71. The minimum Gasteiger partial charge on any atom is -0.490 e. The van der Waals surface area contributed by atoms with Crippen molar-refractivity contribution in [2.45, 2.75) is 6.92 Å². The van der Waals surface area contributed by atoms with Crippen LogP contribution in [0.2, 0.25) is 0 Å². The van der Waals surface area contributed by atoms with E-state index in [1.807, 2.05) is 13.0 Å². The average molecular weight is 436 g/mol. The van der Waals surface area contributed by atoms with Crippen LogP contribution in [0, 0.1) is 12.3 Å². The number of carboxylic acids is 1. The first-order chi connectivity index (χ1) is 14.9. The van der Waals surface area contributed by atoms with Crippen LogP contribution < -0.4 is 9.47 Å². The number of ether oxygens (including phenoxy) is 2. The van der Waals surface area contributed by atoms with Gasteiger partial charge in [-0.2, -0.15) is 0 Å². The Bertz CT molecular complexity index is 1100. The number of amides is 1. The molecule has 0 unspecified atom stereocenters. The Labute approximate surface area is 184 Å². The highest BCUT2D eigenvalue weighted by Crippen LogP contribution is 2.35. The fraction of sp³-hybridized carbons (Fsp3) is 0.174. The number of terminal acetylenes is 1. The van der Waals surface area contributed by atoms with Crippen molar-refractivity contribution in [1.29, 1.82) is 0 Å². The van der Waals surface area contributed by atoms with Crippen LogP contribution in [-0.4, -0.2) is 47.3 Å². The molecule has 0 saturated carbocycles. The molecule has 8 heteroatoms. The predicted octanol–water partition coefficient (Wildman–Crippen LogP) is 4.03. The number of hydrogen-bond donors (Lipinski definition) is 1. The Morgan fingerprint density at radius 1 is 1.23 bits per heavy atom. The van der Waals surface area contributed by atoms with E-state index in [4.69, 9.17) is 21.0 Å². The quantitative estimate of drug-likeness (QED) is 0.521. The van der Waals surface area contributed by atoms with Gasteiger partial charge in [-0.15, -0.1) is 6.42 Å². The first-order valence-electron chi connectivity index (χ1n) is 9.35. The molecule has 7 nitrogen and oxygen atoms in total. The van der Waals surface area contributed by atoms with Crippen LogP contribution in [0.4, 0.5) is 5.69 Å². The number of carboxylic acid groups (broad SMARTS) is 1. The molecule has 0 spiro atoms. The molecule has 2 aromatic carbocycles. The minimum absolute atomic E-state index is 0.132. The van der Waals surface area contributed by atoms with Crippen molar-refractivity contribution in [3.8, 4) is 23.8 Å². The average Bonchev–Trinajstić information content (AvgIpc) is 3.01. The van der Waals surface area contributed by atoms with E-state index < -0.39 is 5.97 Å². The number of benzene rings is 2. The standard InChI is InChI=1S/C23H20N2O5S/c1-4-12-30-18-11-6-15(13-19(18)29-5-2)14-20-21(26)25(3)23(31-20)24-17-9-7-16(8-10-17)22(27)28/h1,6-11,13-14H,5,12H2,2-3H3,(H,27,28)/b20-14-,24-23?. The van der Waals surface area contributed by atoms with E-state index in [-0.39, 0.29) is 18.1 Å². The lowest BCUT2D eigenvalue weighted by Gasteiger charge is -2.11. The number of carbonyl (C=O) groups excluding carboxylic acids is 1. The molecule has 1 amide bonds. The van der Waals surface area contributed by atoms with Gasteiger partial charge in [-0.3, -0.25) is 9.69 Å². The van der Waals surface area contributed by atoms with E-state index in [1.54, 1.807) is 37.4 Å². The molecule has 0 aromatic heterocycles. The summed E-state index contributed by atoms with van der Waals surface area (Å²) in [6.07, 6.45) is 7.01. The number of hydrogen-bond acceptors (Lipinski definition) is 6. The molecule has 1 N–H and O–H groups in total. The first-order valence-corrected chi connectivity index (χ1v) is 10.2. The molecule has 1 aliphatic rings. The maximum absolute atomic E-state index is 12.7. The van der Waals surface area contributed by atoms with E-state index in [9.17, 15) is 9.59 Å². The monoisotopic (exact) mass is 436 g/mol. The van der Waals surface area contributed by atoms with Gasteiger partial charge in [0.25, 0.3) is 5.91 Å². The number of thioether (sulfide) groups is 1. The molecule has 0 aliphatic carbocycles. The predicted molar refractivity (Wildman–Crippen MR) is 121 cm³/mol. The second-order valence-electron chi connectivity index (χ2n) is 6.35. The molecule has 0 radical (unpaired) electrons. The molecule has 0 atom stereocenters. The summed E-state index contributed by atoms with van der Waals surface area (Å²) < 4.78 is 11.1. The van der Waals surface area contributed by atoms with Crippen LogP contribution in [0.15, 0.2) is 52.4 Å². The van der Waals surface area contributed by atoms with Gasteiger partial charge in [0.2, 0.25) is 0 Å². The Balaban J connectivity index is 1.85. The number of carbonyl (C=O) groups is 2. The molecule has 2 aromatic rings. The van der Waals surface area contributed by atoms with E-state index in [1.165, 1.54) is 28.8 Å². The molecule has 3 rings (SSSR count). The summed E-state index contributed by atoms with van der Waals surface area (Å²) in [7, 11) is 1.64. The van der Waals surface area contributed by atoms with Crippen molar-refractivity contribution < 1.29 is 24.2 Å². The van der Waals surface area contributed by atoms with Crippen LogP contribution in [0.1, 0.15) is 22.8 Å². The van der Waals surface area contributed by atoms with Crippen molar-refractivity contribution in [2.75, 3.05) is 20.3 Å². The van der Waals surface area contributed by atoms with E-state index in [2.05, 4.69) is 10.9 Å². The van der Waals surface area contributed by atoms with Gasteiger partial charge in [-0.05, 0) is 66.7 Å². The molecular weight excluding hydrogens is 416 g/mol. The molecule has 1 saturated heterocycles.